The molecule has 1 saturated heterocycles. The zero-order valence-electron chi connectivity index (χ0n) is 18.1. The predicted molar refractivity (Wildman–Crippen MR) is 129 cm³/mol. The number of pyridine rings is 1. The molecule has 1 aromatic heterocycles. The smallest absolute Gasteiger partial charge is 0.258 e. The minimum Gasteiger partial charge on any atom is -0.339 e. The van der Waals surface area contributed by atoms with Crippen molar-refractivity contribution in [2.45, 2.75) is 39.8 Å². The van der Waals surface area contributed by atoms with E-state index >= 15 is 0 Å². The number of rotatable bonds is 5. The van der Waals surface area contributed by atoms with Gasteiger partial charge < -0.3 is 15.2 Å². The summed E-state index contributed by atoms with van der Waals surface area (Å²) in [6.45, 7) is 6.65. The first-order valence-corrected chi connectivity index (χ1v) is 10.8. The van der Waals surface area contributed by atoms with Crippen LogP contribution in [0.15, 0.2) is 53.3 Å². The highest BCUT2D eigenvalue weighted by Gasteiger charge is 2.22. The maximum Gasteiger partial charge on any atom is 0.258 e. The topological polar surface area (TPSA) is 68.3 Å². The van der Waals surface area contributed by atoms with E-state index in [0.29, 0.717) is 23.4 Å². The number of aromatic nitrogens is 1. The second-order valence-electron chi connectivity index (χ2n) is 8.46. The van der Waals surface area contributed by atoms with Crippen LogP contribution in [0.2, 0.25) is 0 Å². The van der Waals surface area contributed by atoms with Gasteiger partial charge in [0.05, 0.1) is 0 Å². The number of hydrogen-bond donors (Lipinski definition) is 1. The lowest BCUT2D eigenvalue weighted by molar-refractivity contribution is 0.0793. The molecule has 0 aliphatic carbocycles. The lowest BCUT2D eigenvalue weighted by Gasteiger charge is -2.21. The van der Waals surface area contributed by atoms with Crippen molar-refractivity contribution in [1.29, 1.82) is 0 Å². The number of nitrogens with zero attached hydrogens (tertiary/aromatic N) is 2. The molecular formula is C25H30ClN3O2. The van der Waals surface area contributed by atoms with Crippen LogP contribution in [-0.2, 0) is 13.1 Å². The monoisotopic (exact) mass is 439 g/mol. The average Bonchev–Trinajstić information content (AvgIpc) is 3.30. The molecule has 5 nitrogen and oxygen atoms in total. The Hall–Kier alpha value is -2.63. The van der Waals surface area contributed by atoms with Crippen molar-refractivity contribution in [3.63, 3.8) is 0 Å². The van der Waals surface area contributed by atoms with E-state index in [1.807, 2.05) is 51.9 Å². The van der Waals surface area contributed by atoms with Crippen molar-refractivity contribution < 1.29 is 4.79 Å². The van der Waals surface area contributed by atoms with Crippen LogP contribution in [0.5, 0.6) is 0 Å². The normalized spacial score (nSPS) is 13.6. The minimum atomic E-state index is -0.0426. The molecule has 0 unspecified atom stereocenters. The lowest BCUT2D eigenvalue weighted by atomic mass is 9.94. The fourth-order valence-corrected chi connectivity index (χ4v) is 4.43. The molecule has 0 spiro atoms. The first-order chi connectivity index (χ1) is 14.5. The molecule has 31 heavy (non-hydrogen) atoms. The summed E-state index contributed by atoms with van der Waals surface area (Å²) < 4.78 is 1.82. The van der Waals surface area contributed by atoms with Crippen molar-refractivity contribution in [2.24, 2.45) is 11.7 Å². The molecule has 1 aliphatic heterocycles. The third-order valence-electron chi connectivity index (χ3n) is 5.82. The fraction of sp³-hybridized carbons (Fsp3) is 0.360. The molecule has 3 aromatic rings. The summed E-state index contributed by atoms with van der Waals surface area (Å²) in [7, 11) is 0. The maximum atomic E-state index is 13.4. The Bertz CT molecular complexity index is 1130. The van der Waals surface area contributed by atoms with Crippen LogP contribution in [-0.4, -0.2) is 28.5 Å². The van der Waals surface area contributed by atoms with Gasteiger partial charge >= 0.3 is 0 Å². The van der Waals surface area contributed by atoms with E-state index in [0.717, 1.165) is 48.1 Å². The highest BCUT2D eigenvalue weighted by Crippen LogP contribution is 2.32. The van der Waals surface area contributed by atoms with Gasteiger partial charge in [-0.1, -0.05) is 44.2 Å². The van der Waals surface area contributed by atoms with Gasteiger partial charge in [-0.25, -0.2) is 0 Å². The molecule has 0 bridgehead atoms. The summed E-state index contributed by atoms with van der Waals surface area (Å²) in [5, 5.41) is 1.43. The molecule has 2 heterocycles. The Morgan fingerprint density at radius 3 is 2.32 bits per heavy atom. The summed E-state index contributed by atoms with van der Waals surface area (Å²) >= 11 is 0. The van der Waals surface area contributed by atoms with Crippen LogP contribution >= 0.6 is 12.4 Å². The molecule has 1 fully saturated rings. The number of likely N-dealkylation sites (tertiary alicyclic amines) is 1. The number of carbonyl (C=O) groups is 1. The zero-order valence-corrected chi connectivity index (χ0v) is 19.0. The Morgan fingerprint density at radius 2 is 1.71 bits per heavy atom. The van der Waals surface area contributed by atoms with Crippen LogP contribution in [0.3, 0.4) is 0 Å². The second kappa shape index (κ2) is 9.67. The lowest BCUT2D eigenvalue weighted by Crippen LogP contribution is -2.29. The van der Waals surface area contributed by atoms with Gasteiger partial charge in [-0.15, -0.1) is 12.4 Å². The number of halogens is 1. The van der Waals surface area contributed by atoms with Crippen LogP contribution < -0.4 is 11.3 Å². The van der Waals surface area contributed by atoms with E-state index in [2.05, 4.69) is 13.8 Å². The van der Waals surface area contributed by atoms with Crippen molar-refractivity contribution in [2.75, 3.05) is 13.1 Å². The molecular weight excluding hydrogens is 410 g/mol. The fourth-order valence-electron chi connectivity index (χ4n) is 4.43. The Morgan fingerprint density at radius 1 is 1.03 bits per heavy atom. The van der Waals surface area contributed by atoms with Gasteiger partial charge in [-0.2, -0.15) is 0 Å². The third-order valence-corrected chi connectivity index (χ3v) is 5.82. The zero-order chi connectivity index (χ0) is 21.3. The van der Waals surface area contributed by atoms with E-state index in [-0.39, 0.29) is 30.4 Å². The molecule has 6 heteroatoms. The number of fused-ring (bicyclic) bond motifs is 1. The first-order valence-electron chi connectivity index (χ1n) is 10.8. The van der Waals surface area contributed by atoms with Crippen LogP contribution in [0.25, 0.3) is 21.9 Å². The van der Waals surface area contributed by atoms with Crippen molar-refractivity contribution in [1.82, 2.24) is 9.47 Å². The van der Waals surface area contributed by atoms with Gasteiger partial charge in [-0.05, 0) is 47.9 Å². The Labute approximate surface area is 189 Å². The van der Waals surface area contributed by atoms with Crippen LogP contribution in [0.4, 0.5) is 0 Å². The van der Waals surface area contributed by atoms with Crippen molar-refractivity contribution in [3.05, 3.63) is 70.1 Å². The molecule has 1 aliphatic rings. The van der Waals surface area contributed by atoms with Gasteiger partial charge in [-0.3, -0.25) is 9.59 Å². The number of nitrogens with two attached hydrogens (primary N) is 1. The molecule has 4 rings (SSSR count). The largest absolute Gasteiger partial charge is 0.339 e. The second-order valence-corrected chi connectivity index (χ2v) is 8.46. The average molecular weight is 440 g/mol. The van der Waals surface area contributed by atoms with Gasteiger partial charge in [0, 0.05) is 48.4 Å². The summed E-state index contributed by atoms with van der Waals surface area (Å²) in [5.41, 5.74) is 9.55. The molecule has 1 amide bonds. The van der Waals surface area contributed by atoms with Crippen molar-refractivity contribution >= 4 is 29.1 Å². The van der Waals surface area contributed by atoms with Crippen LogP contribution in [0.1, 0.15) is 42.7 Å². The van der Waals surface area contributed by atoms with E-state index < -0.39 is 0 Å². The van der Waals surface area contributed by atoms with Crippen molar-refractivity contribution in [3.8, 4) is 11.1 Å². The van der Waals surface area contributed by atoms with E-state index in [9.17, 15) is 9.59 Å². The SMILES string of the molecule is CC(C)Cn1c(CN)c(-c2ccccc2)c2cc(C(=O)N3CCCC3)ccc2c1=O.Cl. The van der Waals surface area contributed by atoms with Gasteiger partial charge in [0.1, 0.15) is 0 Å². The van der Waals surface area contributed by atoms with E-state index in [1.54, 1.807) is 6.07 Å². The molecule has 164 valence electrons. The summed E-state index contributed by atoms with van der Waals surface area (Å²) in [6.07, 6.45) is 2.09. The Kier molecular flexibility index (Phi) is 7.19. The predicted octanol–water partition coefficient (Wildman–Crippen LogP) is 4.44. The quantitative estimate of drug-likeness (QED) is 0.638. The van der Waals surface area contributed by atoms with Gasteiger partial charge in [0.2, 0.25) is 0 Å². The number of carbonyl (C=O) groups excluding carboxylic acids is 1. The van der Waals surface area contributed by atoms with E-state index in [4.69, 9.17) is 5.73 Å². The Balaban J connectivity index is 0.00000272. The summed E-state index contributed by atoms with van der Waals surface area (Å²) in [5.74, 6) is 0.346. The molecule has 0 saturated carbocycles. The molecule has 0 radical (unpaired) electrons. The molecule has 2 aromatic carbocycles. The summed E-state index contributed by atoms with van der Waals surface area (Å²) in [6, 6.07) is 15.5. The summed E-state index contributed by atoms with van der Waals surface area (Å²) in [4.78, 5) is 28.3. The maximum absolute atomic E-state index is 13.4. The third kappa shape index (κ3) is 4.39. The van der Waals surface area contributed by atoms with Gasteiger partial charge in [0.15, 0.2) is 0 Å². The number of hydrogen-bond acceptors (Lipinski definition) is 3. The highest BCUT2D eigenvalue weighted by atomic mass is 35.5. The van der Waals surface area contributed by atoms with Gasteiger partial charge in [0.25, 0.3) is 11.5 Å². The standard InChI is InChI=1S/C25H29N3O2.ClH/c1-17(2)16-28-22(15-26)23(18-8-4-3-5-9-18)21-14-19(10-11-20(21)25(28)30)24(29)27-12-6-7-13-27;/h3-5,8-11,14,17H,6-7,12-13,15-16,26H2,1-2H3;1H. The highest BCUT2D eigenvalue weighted by molar-refractivity contribution is 6.03. The molecule has 2 N–H and O–H groups in total. The van der Waals surface area contributed by atoms with E-state index in [1.165, 1.54) is 0 Å². The number of amides is 1. The number of benzene rings is 2. The van der Waals surface area contributed by atoms with Crippen LogP contribution in [0, 0.1) is 5.92 Å². The minimum absolute atomic E-state index is 0. The first kappa shape index (κ1) is 23.0. The molecule has 0 atom stereocenters.